The summed E-state index contributed by atoms with van der Waals surface area (Å²) < 4.78 is 0. The van der Waals surface area contributed by atoms with Gasteiger partial charge in [-0.25, -0.2) is 0 Å². The third-order valence-electron chi connectivity index (χ3n) is 3.51. The Morgan fingerprint density at radius 3 is 2.88 bits per heavy atom. The third kappa shape index (κ3) is 2.96. The second kappa shape index (κ2) is 5.65. The first kappa shape index (κ1) is 11.9. The molecule has 1 aliphatic carbocycles. The average molecular weight is 240 g/mol. The minimum atomic E-state index is -0.160. The third-order valence-corrected chi connectivity index (χ3v) is 3.85. The Morgan fingerprint density at radius 2 is 2.19 bits per heavy atom. The highest BCUT2D eigenvalue weighted by molar-refractivity contribution is 6.31. The number of hydrogen-bond donors (Lipinski definition) is 1. The van der Waals surface area contributed by atoms with Gasteiger partial charge in [-0.15, -0.1) is 0 Å². The molecule has 1 unspecified atom stereocenters. The Kier molecular flexibility index (Phi) is 4.19. The zero-order valence-electron chi connectivity index (χ0n) is 9.40. The molecule has 2 rings (SSSR count). The van der Waals surface area contributed by atoms with Crippen LogP contribution in [0.4, 0.5) is 0 Å². The van der Waals surface area contributed by atoms with Gasteiger partial charge in [0.05, 0.1) is 11.1 Å². The highest BCUT2D eigenvalue weighted by Crippen LogP contribution is 2.29. The van der Waals surface area contributed by atoms with Crippen molar-refractivity contribution in [1.82, 2.24) is 4.98 Å². The number of nitrogens with zero attached hydrogens (tertiary/aromatic N) is 1. The van der Waals surface area contributed by atoms with E-state index in [1.165, 1.54) is 25.7 Å². The lowest BCUT2D eigenvalue weighted by atomic mass is 9.95. The minimum absolute atomic E-state index is 0.160. The summed E-state index contributed by atoms with van der Waals surface area (Å²) in [5.74, 6) is 0.514. The quantitative estimate of drug-likeness (QED) is 0.875. The van der Waals surface area contributed by atoms with Crippen molar-refractivity contribution >= 4 is 11.6 Å². The van der Waals surface area contributed by atoms with Gasteiger partial charge in [-0.2, -0.15) is 0 Å². The molecule has 0 spiro atoms. The van der Waals surface area contributed by atoms with Crippen LogP contribution in [0, 0.1) is 5.92 Å². The van der Waals surface area contributed by atoms with E-state index in [4.69, 9.17) is 11.6 Å². The van der Waals surface area contributed by atoms with Gasteiger partial charge in [-0.3, -0.25) is 4.98 Å². The van der Waals surface area contributed by atoms with Crippen LogP contribution in [0.1, 0.15) is 37.7 Å². The van der Waals surface area contributed by atoms with Crippen LogP contribution in [0.3, 0.4) is 0 Å². The molecule has 1 saturated carbocycles. The lowest BCUT2D eigenvalue weighted by Gasteiger charge is -2.17. The average Bonchev–Trinajstić information content (AvgIpc) is 2.81. The zero-order chi connectivity index (χ0) is 11.4. The minimum Gasteiger partial charge on any atom is -0.393 e. The summed E-state index contributed by atoms with van der Waals surface area (Å²) in [6, 6.07) is 1.93. The molecule has 2 nitrogen and oxygen atoms in total. The van der Waals surface area contributed by atoms with Gasteiger partial charge in [0, 0.05) is 12.4 Å². The second-order valence-electron chi connectivity index (χ2n) is 4.62. The molecule has 0 radical (unpaired) electrons. The molecule has 1 heterocycles. The molecule has 88 valence electrons. The molecule has 3 heteroatoms. The number of aromatic nitrogens is 1. The zero-order valence-corrected chi connectivity index (χ0v) is 10.2. The molecule has 16 heavy (non-hydrogen) atoms. The molecular weight excluding hydrogens is 222 g/mol. The van der Waals surface area contributed by atoms with Crippen LogP contribution >= 0.6 is 11.6 Å². The van der Waals surface area contributed by atoms with Gasteiger partial charge in [0.1, 0.15) is 0 Å². The van der Waals surface area contributed by atoms with Gasteiger partial charge in [0.15, 0.2) is 0 Å². The van der Waals surface area contributed by atoms with Gasteiger partial charge in [0.25, 0.3) is 0 Å². The number of aliphatic hydroxyl groups is 1. The standard InChI is InChI=1S/C13H18ClNO/c14-12-9-15-8-7-10(12)5-6-13(16)11-3-1-2-4-11/h7-9,11,13,16H,1-6H2. The van der Waals surface area contributed by atoms with Crippen molar-refractivity contribution < 1.29 is 5.11 Å². The van der Waals surface area contributed by atoms with E-state index in [0.717, 1.165) is 18.4 Å². The maximum absolute atomic E-state index is 10.0. The van der Waals surface area contributed by atoms with Crippen molar-refractivity contribution in [1.29, 1.82) is 0 Å². The smallest absolute Gasteiger partial charge is 0.0621 e. The van der Waals surface area contributed by atoms with E-state index in [2.05, 4.69) is 4.98 Å². The first-order valence-electron chi connectivity index (χ1n) is 6.04. The largest absolute Gasteiger partial charge is 0.393 e. The van der Waals surface area contributed by atoms with E-state index < -0.39 is 0 Å². The number of halogens is 1. The summed E-state index contributed by atoms with van der Waals surface area (Å²) in [6.07, 6.45) is 9.84. The van der Waals surface area contributed by atoms with Crippen LogP contribution < -0.4 is 0 Å². The maximum Gasteiger partial charge on any atom is 0.0621 e. The van der Waals surface area contributed by atoms with Crippen molar-refractivity contribution in [3.63, 3.8) is 0 Å². The predicted molar refractivity (Wildman–Crippen MR) is 65.5 cm³/mol. The number of pyridine rings is 1. The monoisotopic (exact) mass is 239 g/mol. The van der Waals surface area contributed by atoms with Gasteiger partial charge in [-0.05, 0) is 43.2 Å². The van der Waals surface area contributed by atoms with Crippen LogP contribution in [0.25, 0.3) is 0 Å². The number of hydrogen-bond acceptors (Lipinski definition) is 2. The van der Waals surface area contributed by atoms with Crippen LogP contribution in [-0.2, 0) is 6.42 Å². The molecule has 0 aliphatic heterocycles. The van der Waals surface area contributed by atoms with Crippen molar-refractivity contribution in [2.75, 3.05) is 0 Å². The fourth-order valence-corrected chi connectivity index (χ4v) is 2.70. The van der Waals surface area contributed by atoms with E-state index in [-0.39, 0.29) is 6.10 Å². The first-order chi connectivity index (χ1) is 7.77. The van der Waals surface area contributed by atoms with Crippen molar-refractivity contribution in [3.8, 4) is 0 Å². The Bertz CT molecular complexity index is 336. The normalized spacial score (nSPS) is 18.9. The highest BCUT2D eigenvalue weighted by atomic mass is 35.5. The lowest BCUT2D eigenvalue weighted by molar-refractivity contribution is 0.102. The lowest BCUT2D eigenvalue weighted by Crippen LogP contribution is -2.18. The van der Waals surface area contributed by atoms with Crippen LogP contribution in [0.2, 0.25) is 5.02 Å². The molecule has 1 aromatic rings. The van der Waals surface area contributed by atoms with E-state index in [1.807, 2.05) is 6.07 Å². The fraction of sp³-hybridized carbons (Fsp3) is 0.615. The number of aryl methyl sites for hydroxylation is 1. The van der Waals surface area contributed by atoms with E-state index in [0.29, 0.717) is 10.9 Å². The summed E-state index contributed by atoms with van der Waals surface area (Å²) in [4.78, 5) is 3.96. The topological polar surface area (TPSA) is 33.1 Å². The van der Waals surface area contributed by atoms with Gasteiger partial charge in [-0.1, -0.05) is 24.4 Å². The van der Waals surface area contributed by atoms with Crippen LogP contribution in [0.15, 0.2) is 18.5 Å². The fourth-order valence-electron chi connectivity index (χ4n) is 2.49. The predicted octanol–water partition coefficient (Wildman–Crippen LogP) is 3.22. The Hall–Kier alpha value is -0.600. The van der Waals surface area contributed by atoms with Gasteiger partial charge >= 0.3 is 0 Å². The Labute approximate surface area is 102 Å². The van der Waals surface area contributed by atoms with Gasteiger partial charge < -0.3 is 5.11 Å². The maximum atomic E-state index is 10.0. The van der Waals surface area contributed by atoms with E-state index in [9.17, 15) is 5.11 Å². The second-order valence-corrected chi connectivity index (χ2v) is 5.02. The van der Waals surface area contributed by atoms with Crippen LogP contribution in [0.5, 0.6) is 0 Å². The molecular formula is C13H18ClNO. The van der Waals surface area contributed by atoms with Crippen molar-refractivity contribution in [3.05, 3.63) is 29.0 Å². The molecule has 0 bridgehead atoms. The SMILES string of the molecule is OC(CCc1ccncc1Cl)C1CCCC1. The Balaban J connectivity index is 1.84. The summed E-state index contributed by atoms with van der Waals surface area (Å²) in [7, 11) is 0. The summed E-state index contributed by atoms with van der Waals surface area (Å²) in [5, 5.41) is 10.8. The van der Waals surface area contributed by atoms with Gasteiger partial charge in [0.2, 0.25) is 0 Å². The molecule has 0 amide bonds. The summed E-state index contributed by atoms with van der Waals surface area (Å²) >= 11 is 6.02. The number of rotatable bonds is 4. The highest BCUT2D eigenvalue weighted by Gasteiger charge is 2.22. The summed E-state index contributed by atoms with van der Waals surface area (Å²) in [6.45, 7) is 0. The molecule has 1 N–H and O–H groups in total. The number of aliphatic hydroxyl groups excluding tert-OH is 1. The summed E-state index contributed by atoms with van der Waals surface area (Å²) in [5.41, 5.74) is 1.09. The van der Waals surface area contributed by atoms with Crippen LogP contribution in [-0.4, -0.2) is 16.2 Å². The first-order valence-corrected chi connectivity index (χ1v) is 6.41. The Morgan fingerprint density at radius 1 is 1.44 bits per heavy atom. The molecule has 1 atom stereocenters. The van der Waals surface area contributed by atoms with Crippen molar-refractivity contribution in [2.24, 2.45) is 5.92 Å². The molecule has 0 aromatic carbocycles. The molecule has 1 aromatic heterocycles. The van der Waals surface area contributed by atoms with Crippen molar-refractivity contribution in [2.45, 2.75) is 44.6 Å². The molecule has 0 saturated heterocycles. The molecule has 1 fully saturated rings. The van der Waals surface area contributed by atoms with E-state index in [1.54, 1.807) is 12.4 Å². The van der Waals surface area contributed by atoms with E-state index >= 15 is 0 Å². The molecule has 1 aliphatic rings.